The van der Waals surface area contributed by atoms with Crippen LogP contribution in [-0.2, 0) is 9.59 Å². The fourth-order valence-corrected chi connectivity index (χ4v) is 1.15. The molecule has 0 rings (SSSR count). The molecule has 5 heteroatoms. The van der Waals surface area contributed by atoms with E-state index in [1.54, 1.807) is 13.8 Å². The molecule has 16 heavy (non-hydrogen) atoms. The average molecular weight is 230 g/mol. The lowest BCUT2D eigenvalue weighted by molar-refractivity contribution is -0.143. The van der Waals surface area contributed by atoms with Crippen LogP contribution >= 0.6 is 0 Å². The summed E-state index contributed by atoms with van der Waals surface area (Å²) in [6, 6.07) is -1.60. The molecule has 0 bridgehead atoms. The number of amides is 1. The molecule has 0 saturated carbocycles. The van der Waals surface area contributed by atoms with Crippen LogP contribution in [0.25, 0.3) is 0 Å². The summed E-state index contributed by atoms with van der Waals surface area (Å²) in [6.07, 6.45) is 0. The Bertz CT molecular complexity index is 269. The van der Waals surface area contributed by atoms with Crippen molar-refractivity contribution >= 4 is 11.9 Å². The molecule has 0 fully saturated rings. The lowest BCUT2D eigenvalue weighted by Crippen LogP contribution is -2.54. The van der Waals surface area contributed by atoms with Crippen LogP contribution in [0.15, 0.2) is 0 Å². The SMILES string of the molecule is CC(C)C(NC(=O)[C@H](N)C(C)(C)C)C(=O)O. The van der Waals surface area contributed by atoms with Crippen LogP contribution in [0, 0.1) is 11.3 Å². The van der Waals surface area contributed by atoms with E-state index in [1.165, 1.54) is 0 Å². The third kappa shape index (κ3) is 4.18. The van der Waals surface area contributed by atoms with Crippen LogP contribution in [0.3, 0.4) is 0 Å². The first-order chi connectivity index (χ1) is 7.07. The number of carbonyl (C=O) groups is 2. The Labute approximate surface area is 96.4 Å². The van der Waals surface area contributed by atoms with Crippen LogP contribution < -0.4 is 11.1 Å². The molecular weight excluding hydrogens is 208 g/mol. The Hall–Kier alpha value is -1.10. The first kappa shape index (κ1) is 14.9. The van der Waals surface area contributed by atoms with E-state index in [2.05, 4.69) is 5.32 Å². The summed E-state index contributed by atoms with van der Waals surface area (Å²) in [6.45, 7) is 8.98. The minimum absolute atomic E-state index is 0.173. The second-order valence-electron chi connectivity index (χ2n) is 5.41. The maximum Gasteiger partial charge on any atom is 0.326 e. The average Bonchev–Trinajstić information content (AvgIpc) is 2.09. The largest absolute Gasteiger partial charge is 0.480 e. The standard InChI is InChI=1S/C11H22N2O3/c1-6(2)7(10(15)16)13-9(14)8(12)11(3,4)5/h6-8H,12H2,1-5H3,(H,13,14)(H,15,16)/t7?,8-/m0/s1. The minimum atomic E-state index is -1.04. The van der Waals surface area contributed by atoms with E-state index in [1.807, 2.05) is 20.8 Å². The Morgan fingerprint density at radius 1 is 1.25 bits per heavy atom. The zero-order valence-electron chi connectivity index (χ0n) is 10.6. The monoisotopic (exact) mass is 230 g/mol. The van der Waals surface area contributed by atoms with E-state index in [9.17, 15) is 9.59 Å². The molecule has 0 aliphatic heterocycles. The third-order valence-corrected chi connectivity index (χ3v) is 2.45. The van der Waals surface area contributed by atoms with E-state index in [0.717, 1.165) is 0 Å². The Balaban J connectivity index is 4.60. The van der Waals surface area contributed by atoms with E-state index >= 15 is 0 Å². The highest BCUT2D eigenvalue weighted by atomic mass is 16.4. The number of hydrogen-bond acceptors (Lipinski definition) is 3. The van der Waals surface area contributed by atoms with E-state index < -0.39 is 24.0 Å². The number of carboxylic acids is 1. The summed E-state index contributed by atoms with van der Waals surface area (Å²) in [5.41, 5.74) is 5.35. The summed E-state index contributed by atoms with van der Waals surface area (Å²) >= 11 is 0. The molecule has 1 unspecified atom stereocenters. The van der Waals surface area contributed by atoms with Gasteiger partial charge in [0.2, 0.25) is 5.91 Å². The highest BCUT2D eigenvalue weighted by molar-refractivity contribution is 5.87. The predicted molar refractivity (Wildman–Crippen MR) is 61.8 cm³/mol. The van der Waals surface area contributed by atoms with Gasteiger partial charge in [-0.1, -0.05) is 34.6 Å². The van der Waals surface area contributed by atoms with Crippen LogP contribution in [0.4, 0.5) is 0 Å². The third-order valence-electron chi connectivity index (χ3n) is 2.45. The molecule has 0 saturated heterocycles. The van der Waals surface area contributed by atoms with Gasteiger partial charge < -0.3 is 16.2 Å². The lowest BCUT2D eigenvalue weighted by atomic mass is 9.86. The maximum atomic E-state index is 11.7. The number of carbonyl (C=O) groups excluding carboxylic acids is 1. The summed E-state index contributed by atoms with van der Waals surface area (Å²) < 4.78 is 0. The van der Waals surface area contributed by atoms with Gasteiger partial charge in [-0.15, -0.1) is 0 Å². The number of aliphatic carboxylic acids is 1. The van der Waals surface area contributed by atoms with E-state index in [0.29, 0.717) is 0 Å². The van der Waals surface area contributed by atoms with E-state index in [-0.39, 0.29) is 11.3 Å². The summed E-state index contributed by atoms with van der Waals surface area (Å²) in [7, 11) is 0. The van der Waals surface area contributed by atoms with Crippen molar-refractivity contribution in [1.29, 1.82) is 0 Å². The van der Waals surface area contributed by atoms with Crippen LogP contribution in [0.2, 0.25) is 0 Å². The first-order valence-corrected chi connectivity index (χ1v) is 5.36. The van der Waals surface area contributed by atoms with Crippen molar-refractivity contribution in [1.82, 2.24) is 5.32 Å². The summed E-state index contributed by atoms with van der Waals surface area (Å²) in [5.74, 6) is -1.63. The number of carboxylic acid groups (broad SMARTS) is 1. The Morgan fingerprint density at radius 3 is 1.94 bits per heavy atom. The normalized spacial score (nSPS) is 15.7. The second-order valence-corrected chi connectivity index (χ2v) is 5.41. The molecule has 1 amide bonds. The number of rotatable bonds is 4. The molecule has 0 heterocycles. The zero-order valence-corrected chi connectivity index (χ0v) is 10.6. The smallest absolute Gasteiger partial charge is 0.326 e. The summed E-state index contributed by atoms with van der Waals surface area (Å²) in [4.78, 5) is 22.6. The van der Waals surface area contributed by atoms with Crippen molar-refractivity contribution < 1.29 is 14.7 Å². The van der Waals surface area contributed by atoms with Gasteiger partial charge in [0.05, 0.1) is 6.04 Å². The molecule has 0 radical (unpaired) electrons. The topological polar surface area (TPSA) is 92.4 Å². The van der Waals surface area contributed by atoms with Crippen molar-refractivity contribution in [3.05, 3.63) is 0 Å². The van der Waals surface area contributed by atoms with Crippen LogP contribution in [0.5, 0.6) is 0 Å². The van der Waals surface area contributed by atoms with Crippen molar-refractivity contribution in [2.24, 2.45) is 17.1 Å². The van der Waals surface area contributed by atoms with Gasteiger partial charge >= 0.3 is 5.97 Å². The van der Waals surface area contributed by atoms with Gasteiger partial charge in [-0.3, -0.25) is 4.79 Å². The Morgan fingerprint density at radius 2 is 1.69 bits per heavy atom. The number of hydrogen-bond donors (Lipinski definition) is 3. The van der Waals surface area contributed by atoms with E-state index in [4.69, 9.17) is 10.8 Å². The minimum Gasteiger partial charge on any atom is -0.480 e. The molecular formula is C11H22N2O3. The van der Waals surface area contributed by atoms with Crippen molar-refractivity contribution in [3.8, 4) is 0 Å². The molecule has 5 nitrogen and oxygen atoms in total. The highest BCUT2D eigenvalue weighted by Crippen LogP contribution is 2.17. The van der Waals surface area contributed by atoms with Crippen molar-refractivity contribution in [2.75, 3.05) is 0 Å². The van der Waals surface area contributed by atoms with Crippen LogP contribution in [0.1, 0.15) is 34.6 Å². The maximum absolute atomic E-state index is 11.7. The molecule has 0 aromatic carbocycles. The van der Waals surface area contributed by atoms with Gasteiger partial charge in [0.15, 0.2) is 0 Å². The molecule has 0 aliphatic rings. The fraction of sp³-hybridized carbons (Fsp3) is 0.818. The fourth-order valence-electron chi connectivity index (χ4n) is 1.15. The lowest BCUT2D eigenvalue weighted by Gasteiger charge is -2.28. The molecule has 94 valence electrons. The number of nitrogens with one attached hydrogen (secondary N) is 1. The van der Waals surface area contributed by atoms with Gasteiger partial charge in [0, 0.05) is 0 Å². The molecule has 4 N–H and O–H groups in total. The van der Waals surface area contributed by atoms with Crippen molar-refractivity contribution in [2.45, 2.75) is 46.7 Å². The second kappa shape index (κ2) is 5.30. The van der Waals surface area contributed by atoms with Crippen molar-refractivity contribution in [3.63, 3.8) is 0 Å². The molecule has 0 spiro atoms. The van der Waals surface area contributed by atoms with Gasteiger partial charge in [0.1, 0.15) is 6.04 Å². The molecule has 2 atom stereocenters. The zero-order chi connectivity index (χ0) is 13.1. The summed E-state index contributed by atoms with van der Waals surface area (Å²) in [5, 5.41) is 11.4. The first-order valence-electron chi connectivity index (χ1n) is 5.36. The predicted octanol–water partition coefficient (Wildman–Crippen LogP) is 0.585. The molecule has 0 aromatic rings. The van der Waals surface area contributed by atoms with Gasteiger partial charge in [0.25, 0.3) is 0 Å². The van der Waals surface area contributed by atoms with Crippen LogP contribution in [-0.4, -0.2) is 29.1 Å². The van der Waals surface area contributed by atoms with Gasteiger partial charge in [-0.2, -0.15) is 0 Å². The van der Waals surface area contributed by atoms with Gasteiger partial charge in [-0.25, -0.2) is 4.79 Å². The Kier molecular flexibility index (Phi) is 4.93. The molecule has 0 aliphatic carbocycles. The highest BCUT2D eigenvalue weighted by Gasteiger charge is 2.31. The quantitative estimate of drug-likeness (QED) is 0.659. The number of nitrogens with two attached hydrogens (primary N) is 1. The molecule has 0 aromatic heterocycles. The van der Waals surface area contributed by atoms with Gasteiger partial charge in [-0.05, 0) is 11.3 Å².